The fraction of sp³-hybridized carbons (Fsp3) is 0.444. The number of halogens is 3. The van der Waals surface area contributed by atoms with E-state index in [-0.39, 0.29) is 5.70 Å². The van der Waals surface area contributed by atoms with Gasteiger partial charge in [-0.3, -0.25) is 0 Å². The summed E-state index contributed by atoms with van der Waals surface area (Å²) in [4.78, 5) is 3.15. The maximum atomic E-state index is 11.8. The van der Waals surface area contributed by atoms with Gasteiger partial charge in [-0.05, 0) is 13.0 Å². The van der Waals surface area contributed by atoms with Crippen LogP contribution in [0, 0.1) is 0 Å². The molecule has 0 bridgehead atoms. The van der Waals surface area contributed by atoms with Gasteiger partial charge in [-0.25, -0.2) is 4.99 Å². The van der Waals surface area contributed by atoms with Crippen LogP contribution in [0.2, 0.25) is 0 Å². The van der Waals surface area contributed by atoms with Gasteiger partial charge in [0.2, 0.25) is 0 Å². The zero-order valence-corrected chi connectivity index (χ0v) is 8.07. The highest BCUT2D eigenvalue weighted by Gasteiger charge is 2.33. The van der Waals surface area contributed by atoms with Crippen molar-refractivity contribution in [3.63, 3.8) is 0 Å². The lowest BCUT2D eigenvalue weighted by molar-refractivity contribution is -0.0577. The van der Waals surface area contributed by atoms with Crippen LogP contribution in [-0.2, 0) is 0 Å². The lowest BCUT2D eigenvalue weighted by atomic mass is 10.3. The van der Waals surface area contributed by atoms with Crippen LogP contribution in [0.5, 0.6) is 0 Å². The fourth-order valence-corrected chi connectivity index (χ4v) is 0.430. The van der Waals surface area contributed by atoms with E-state index in [2.05, 4.69) is 18.2 Å². The third-order valence-electron chi connectivity index (χ3n) is 0.795. The van der Waals surface area contributed by atoms with Gasteiger partial charge < -0.3 is 0 Å². The second-order valence-corrected chi connectivity index (χ2v) is 1.93. The molecule has 13 heavy (non-hydrogen) atoms. The van der Waals surface area contributed by atoms with Crippen LogP contribution < -0.4 is 0 Å². The standard InChI is InChI=1S/C7H8F3N.C2H6/c1-4-6(7(8,9)10)11-5(2)3;1-2/h4H,1-2H2,3H3;1-2H3. The summed E-state index contributed by atoms with van der Waals surface area (Å²) in [6, 6.07) is 0. The largest absolute Gasteiger partial charge is 0.433 e. The molecule has 0 radical (unpaired) electrons. The molecule has 0 rings (SSSR count). The summed E-state index contributed by atoms with van der Waals surface area (Å²) in [6.45, 7) is 11.6. The highest BCUT2D eigenvalue weighted by Crippen LogP contribution is 2.18. The van der Waals surface area contributed by atoms with Crippen LogP contribution in [0.1, 0.15) is 20.8 Å². The lowest BCUT2D eigenvalue weighted by Crippen LogP contribution is -2.20. The molecule has 4 heteroatoms. The maximum Gasteiger partial charge on any atom is 0.433 e. The number of hydrogen-bond acceptors (Lipinski definition) is 1. The van der Waals surface area contributed by atoms with Gasteiger partial charge in [-0.2, -0.15) is 13.2 Å². The second kappa shape index (κ2) is 6.46. The molecule has 0 saturated heterocycles. The van der Waals surface area contributed by atoms with Crippen molar-refractivity contribution in [3.8, 4) is 0 Å². The molecule has 0 N–H and O–H groups in total. The van der Waals surface area contributed by atoms with Gasteiger partial charge in [-0.15, -0.1) is 0 Å². The predicted molar refractivity (Wildman–Crippen MR) is 49.8 cm³/mol. The normalized spacial score (nSPS) is 11.4. The van der Waals surface area contributed by atoms with Crippen molar-refractivity contribution in [2.24, 2.45) is 4.99 Å². The zero-order chi connectivity index (χ0) is 11.1. The van der Waals surface area contributed by atoms with Crippen LogP contribution in [0.15, 0.2) is 29.9 Å². The van der Waals surface area contributed by atoms with E-state index in [4.69, 9.17) is 0 Å². The van der Waals surface area contributed by atoms with E-state index in [9.17, 15) is 13.2 Å². The molecule has 0 heterocycles. The molecule has 1 nitrogen and oxygen atoms in total. The predicted octanol–water partition coefficient (Wildman–Crippen LogP) is 3.74. The smallest absolute Gasteiger partial charge is 0.249 e. The lowest BCUT2D eigenvalue weighted by Gasteiger charge is -2.04. The van der Waals surface area contributed by atoms with Gasteiger partial charge in [0.25, 0.3) is 0 Å². The number of rotatable bonds is 2. The van der Waals surface area contributed by atoms with E-state index >= 15 is 0 Å². The molecule has 0 aliphatic rings. The summed E-state index contributed by atoms with van der Waals surface area (Å²) in [5.41, 5.74) is -0.901. The Bertz CT molecular complexity index is 201. The Morgan fingerprint density at radius 3 is 1.77 bits per heavy atom. The number of hydrogen-bond donors (Lipinski definition) is 0. The molecular weight excluding hydrogens is 179 g/mol. The highest BCUT2D eigenvalue weighted by molar-refractivity contribution is 5.99. The van der Waals surface area contributed by atoms with E-state index in [0.29, 0.717) is 6.08 Å². The fourth-order valence-electron chi connectivity index (χ4n) is 0.430. The minimum Gasteiger partial charge on any atom is -0.249 e. The summed E-state index contributed by atoms with van der Waals surface area (Å²) in [5.74, 6) is 0. The van der Waals surface area contributed by atoms with Gasteiger partial charge in [0.05, 0.1) is 0 Å². The van der Waals surface area contributed by atoms with Gasteiger partial charge >= 0.3 is 6.18 Å². The topological polar surface area (TPSA) is 12.4 Å². The highest BCUT2D eigenvalue weighted by atomic mass is 19.4. The monoisotopic (exact) mass is 193 g/mol. The van der Waals surface area contributed by atoms with Crippen molar-refractivity contribution in [1.82, 2.24) is 0 Å². The number of aliphatic imine (C=N–C) groups is 1. The van der Waals surface area contributed by atoms with Crippen molar-refractivity contribution in [1.29, 1.82) is 0 Å². The van der Waals surface area contributed by atoms with E-state index in [1.54, 1.807) is 0 Å². The molecular formula is C9H14F3N. The number of allylic oxidation sites excluding steroid dienone is 2. The first-order valence-electron chi connectivity index (χ1n) is 3.81. The SMILES string of the molecule is C=CC(=NC(=C)C)C(F)(F)F.CC. The van der Waals surface area contributed by atoms with E-state index in [0.717, 1.165) is 0 Å². The van der Waals surface area contributed by atoms with Gasteiger partial charge in [0, 0.05) is 5.70 Å². The molecule has 0 atom stereocenters. The van der Waals surface area contributed by atoms with E-state index in [1.165, 1.54) is 6.92 Å². The van der Waals surface area contributed by atoms with Crippen molar-refractivity contribution in [2.75, 3.05) is 0 Å². The summed E-state index contributed by atoms with van der Waals surface area (Å²) in [5, 5.41) is 0. The van der Waals surface area contributed by atoms with Crippen LogP contribution in [0.25, 0.3) is 0 Å². The molecule has 0 aliphatic carbocycles. The van der Waals surface area contributed by atoms with Crippen molar-refractivity contribution >= 4 is 5.71 Å². The Hall–Kier alpha value is -1.06. The average molecular weight is 193 g/mol. The van der Waals surface area contributed by atoms with Crippen molar-refractivity contribution in [2.45, 2.75) is 26.9 Å². The zero-order valence-electron chi connectivity index (χ0n) is 8.07. The van der Waals surface area contributed by atoms with Gasteiger partial charge in [0.15, 0.2) is 0 Å². The summed E-state index contributed by atoms with van der Waals surface area (Å²) < 4.78 is 35.5. The van der Waals surface area contributed by atoms with Crippen LogP contribution in [-0.4, -0.2) is 11.9 Å². The number of alkyl halides is 3. The Morgan fingerprint density at radius 2 is 1.69 bits per heavy atom. The summed E-state index contributed by atoms with van der Waals surface area (Å²) in [7, 11) is 0. The summed E-state index contributed by atoms with van der Waals surface area (Å²) >= 11 is 0. The maximum absolute atomic E-state index is 11.8. The Kier molecular flexibility index (Phi) is 7.18. The van der Waals surface area contributed by atoms with Crippen LogP contribution in [0.3, 0.4) is 0 Å². The quantitative estimate of drug-likeness (QED) is 0.592. The van der Waals surface area contributed by atoms with Gasteiger partial charge in [-0.1, -0.05) is 27.0 Å². The minimum atomic E-state index is -4.43. The molecule has 0 unspecified atom stereocenters. The molecule has 0 saturated carbocycles. The van der Waals surface area contributed by atoms with E-state index in [1.807, 2.05) is 13.8 Å². The Morgan fingerprint density at radius 1 is 1.31 bits per heavy atom. The molecule has 0 aliphatic heterocycles. The minimum absolute atomic E-state index is 0.109. The first-order valence-corrected chi connectivity index (χ1v) is 3.81. The molecule has 0 fully saturated rings. The average Bonchev–Trinajstić information content (AvgIpc) is 2.01. The van der Waals surface area contributed by atoms with Crippen molar-refractivity contribution < 1.29 is 13.2 Å². The molecule has 0 spiro atoms. The van der Waals surface area contributed by atoms with Crippen molar-refractivity contribution in [3.05, 3.63) is 24.9 Å². The Balaban J connectivity index is 0. The second-order valence-electron chi connectivity index (χ2n) is 1.93. The molecule has 76 valence electrons. The number of nitrogens with zero attached hydrogens (tertiary/aromatic N) is 1. The third-order valence-corrected chi connectivity index (χ3v) is 0.795. The first-order chi connectivity index (χ1) is 5.88. The van der Waals surface area contributed by atoms with Crippen LogP contribution in [0.4, 0.5) is 13.2 Å². The van der Waals surface area contributed by atoms with Crippen LogP contribution >= 0.6 is 0 Å². The molecule has 0 aromatic carbocycles. The molecule has 0 aromatic rings. The van der Waals surface area contributed by atoms with E-state index < -0.39 is 11.9 Å². The van der Waals surface area contributed by atoms with Gasteiger partial charge in [0.1, 0.15) is 5.71 Å². The first kappa shape index (κ1) is 14.5. The molecule has 0 amide bonds. The molecule has 0 aromatic heterocycles. The summed E-state index contributed by atoms with van der Waals surface area (Å²) in [6.07, 6.45) is -3.77. The third kappa shape index (κ3) is 7.31. The Labute approximate surface area is 76.7 Å².